The highest BCUT2D eigenvalue weighted by atomic mass is 19.1. The zero-order valence-electron chi connectivity index (χ0n) is 16.1. The zero-order chi connectivity index (χ0) is 20.2. The van der Waals surface area contributed by atoms with Gasteiger partial charge in [0.1, 0.15) is 17.9 Å². The van der Waals surface area contributed by atoms with Crippen LogP contribution in [0.5, 0.6) is 11.5 Å². The summed E-state index contributed by atoms with van der Waals surface area (Å²) in [6, 6.07) is 6.96. The second-order valence-corrected chi connectivity index (χ2v) is 7.44. The van der Waals surface area contributed by atoms with Crippen molar-refractivity contribution in [1.29, 1.82) is 0 Å². The van der Waals surface area contributed by atoms with E-state index in [4.69, 9.17) is 9.47 Å². The summed E-state index contributed by atoms with van der Waals surface area (Å²) < 4.78 is 28.5. The minimum absolute atomic E-state index is 0.0390. The van der Waals surface area contributed by atoms with Crippen LogP contribution in [0.4, 0.5) is 10.2 Å². The number of aryl methyl sites for hydroxylation is 1. The van der Waals surface area contributed by atoms with Crippen molar-refractivity contribution in [3.8, 4) is 22.6 Å². The predicted molar refractivity (Wildman–Crippen MR) is 106 cm³/mol. The average molecular weight is 404 g/mol. The molecule has 9 heteroatoms. The average Bonchev–Trinajstić information content (AvgIpc) is 3.40. The van der Waals surface area contributed by atoms with Gasteiger partial charge in [0.25, 0.3) is 0 Å². The molecule has 1 N–H and O–H groups in total. The van der Waals surface area contributed by atoms with Gasteiger partial charge in [-0.25, -0.2) is 4.39 Å². The van der Waals surface area contributed by atoms with Gasteiger partial charge in [0.05, 0.1) is 31.0 Å². The van der Waals surface area contributed by atoms with Crippen LogP contribution in [0.15, 0.2) is 36.8 Å². The highest BCUT2D eigenvalue weighted by molar-refractivity contribution is 5.82. The number of benzene rings is 1. The lowest BCUT2D eigenvalue weighted by Gasteiger charge is -2.17. The van der Waals surface area contributed by atoms with Crippen molar-refractivity contribution in [2.75, 3.05) is 18.5 Å². The van der Waals surface area contributed by atoms with Crippen LogP contribution in [0.1, 0.15) is 22.7 Å². The van der Waals surface area contributed by atoms with E-state index in [0.29, 0.717) is 42.5 Å². The van der Waals surface area contributed by atoms with E-state index in [2.05, 4.69) is 25.7 Å². The van der Waals surface area contributed by atoms with E-state index in [9.17, 15) is 4.39 Å². The van der Waals surface area contributed by atoms with Crippen LogP contribution >= 0.6 is 0 Å². The molecule has 0 radical (unpaired) electrons. The number of nitrogens with one attached hydrogen (secondary N) is 1. The van der Waals surface area contributed by atoms with Crippen molar-refractivity contribution < 1.29 is 13.9 Å². The molecule has 30 heavy (non-hydrogen) atoms. The summed E-state index contributed by atoms with van der Waals surface area (Å²) in [6.07, 6.45) is 3.27. The SMILES string of the molecule is Cc1nnccc1-c1cc2c(n3cnnc13)NCc1c(F)ccc3c1[C@H](CO3)CO2. The molecular formula is C21H17FN6O2. The smallest absolute Gasteiger partial charge is 0.170 e. The number of aromatic nitrogens is 5. The number of anilines is 1. The van der Waals surface area contributed by atoms with E-state index >= 15 is 0 Å². The maximum absolute atomic E-state index is 14.7. The molecule has 5 heterocycles. The van der Waals surface area contributed by atoms with Crippen molar-refractivity contribution in [2.45, 2.75) is 19.4 Å². The number of rotatable bonds is 1. The molecule has 0 saturated heterocycles. The Hall–Kier alpha value is -3.75. The van der Waals surface area contributed by atoms with E-state index in [1.165, 1.54) is 6.07 Å². The van der Waals surface area contributed by atoms with E-state index in [0.717, 1.165) is 28.1 Å². The molecule has 0 aliphatic carbocycles. The van der Waals surface area contributed by atoms with Crippen LogP contribution in [-0.4, -0.2) is 38.0 Å². The van der Waals surface area contributed by atoms with Gasteiger partial charge in [-0.15, -0.1) is 10.2 Å². The summed E-state index contributed by atoms with van der Waals surface area (Å²) in [5.41, 5.74) is 4.65. The molecule has 6 rings (SSSR count). The van der Waals surface area contributed by atoms with Crippen molar-refractivity contribution in [1.82, 2.24) is 24.8 Å². The third-order valence-electron chi connectivity index (χ3n) is 5.71. The quantitative estimate of drug-likeness (QED) is 0.522. The second-order valence-electron chi connectivity index (χ2n) is 7.44. The summed E-state index contributed by atoms with van der Waals surface area (Å²) in [5, 5.41) is 19.8. The van der Waals surface area contributed by atoms with E-state index in [1.54, 1.807) is 18.6 Å². The van der Waals surface area contributed by atoms with Crippen LogP contribution in [0.3, 0.4) is 0 Å². The van der Waals surface area contributed by atoms with E-state index in [1.807, 2.05) is 23.5 Å². The molecule has 1 aromatic carbocycles. The van der Waals surface area contributed by atoms with Crippen molar-refractivity contribution in [2.24, 2.45) is 0 Å². The number of nitrogens with zero attached hydrogens (tertiary/aromatic N) is 5. The Labute approximate surface area is 170 Å². The van der Waals surface area contributed by atoms with Gasteiger partial charge in [-0.3, -0.25) is 4.40 Å². The van der Waals surface area contributed by atoms with Gasteiger partial charge in [-0.1, -0.05) is 0 Å². The minimum atomic E-state index is -0.254. The Morgan fingerprint density at radius 1 is 1.07 bits per heavy atom. The lowest BCUT2D eigenvalue weighted by atomic mass is 9.96. The molecule has 0 fully saturated rings. The van der Waals surface area contributed by atoms with Crippen molar-refractivity contribution >= 4 is 11.5 Å². The standard InChI is InChI=1S/C21H17FN6O2/c1-11-13(4-5-24-26-11)14-6-18-21(28-10-25-27-20(14)28)23-7-15-16(22)2-3-17-19(15)12(8-29-17)9-30-18/h2-6,10,12,23H,7-9H2,1H3/t12-/m1/s1. The van der Waals surface area contributed by atoms with Gasteiger partial charge in [0.15, 0.2) is 17.2 Å². The monoisotopic (exact) mass is 404 g/mol. The topological polar surface area (TPSA) is 86.5 Å². The van der Waals surface area contributed by atoms with Crippen LogP contribution in [0.25, 0.3) is 16.8 Å². The second kappa shape index (κ2) is 6.38. The number of pyridine rings is 1. The van der Waals surface area contributed by atoms with Crippen molar-refractivity contribution in [3.63, 3.8) is 0 Å². The van der Waals surface area contributed by atoms with Gasteiger partial charge in [-0.2, -0.15) is 10.2 Å². The lowest BCUT2D eigenvalue weighted by Crippen LogP contribution is -2.13. The molecule has 0 spiro atoms. The number of hydrogen-bond acceptors (Lipinski definition) is 7. The first-order valence-corrected chi connectivity index (χ1v) is 9.67. The highest BCUT2D eigenvalue weighted by Crippen LogP contribution is 2.41. The van der Waals surface area contributed by atoms with Gasteiger partial charge >= 0.3 is 0 Å². The van der Waals surface area contributed by atoms with Gasteiger partial charge in [0.2, 0.25) is 0 Å². The summed E-state index contributed by atoms with van der Waals surface area (Å²) in [5.74, 6) is 1.74. The Balaban J connectivity index is 1.54. The van der Waals surface area contributed by atoms with Crippen molar-refractivity contribution in [3.05, 3.63) is 59.4 Å². The number of ether oxygens (including phenoxy) is 2. The molecular weight excluding hydrogens is 387 g/mol. The first-order chi connectivity index (χ1) is 14.7. The third kappa shape index (κ3) is 2.44. The molecule has 0 amide bonds. The number of fused-ring (bicyclic) bond motifs is 3. The van der Waals surface area contributed by atoms with Crippen LogP contribution in [0, 0.1) is 12.7 Å². The lowest BCUT2D eigenvalue weighted by molar-refractivity contribution is 0.249. The van der Waals surface area contributed by atoms with E-state index < -0.39 is 0 Å². The van der Waals surface area contributed by atoms with Gasteiger partial charge in [0, 0.05) is 28.8 Å². The third-order valence-corrected chi connectivity index (χ3v) is 5.71. The summed E-state index contributed by atoms with van der Waals surface area (Å²) in [4.78, 5) is 0. The molecule has 8 nitrogen and oxygen atoms in total. The number of halogens is 1. The Kier molecular flexibility index (Phi) is 3.64. The van der Waals surface area contributed by atoms with Crippen LogP contribution in [-0.2, 0) is 6.54 Å². The zero-order valence-corrected chi connectivity index (χ0v) is 16.1. The minimum Gasteiger partial charge on any atom is -0.493 e. The maximum Gasteiger partial charge on any atom is 0.170 e. The molecule has 0 unspecified atom stereocenters. The first kappa shape index (κ1) is 17.1. The van der Waals surface area contributed by atoms with E-state index in [-0.39, 0.29) is 11.7 Å². The molecule has 4 aromatic rings. The molecule has 2 aliphatic heterocycles. The maximum atomic E-state index is 14.7. The Morgan fingerprint density at radius 2 is 1.93 bits per heavy atom. The predicted octanol–water partition coefficient (Wildman–Crippen LogP) is 3.11. The Morgan fingerprint density at radius 3 is 2.80 bits per heavy atom. The summed E-state index contributed by atoms with van der Waals surface area (Å²) >= 11 is 0. The molecule has 1 atom stereocenters. The molecule has 3 aromatic heterocycles. The fourth-order valence-electron chi connectivity index (χ4n) is 4.27. The molecule has 0 bridgehead atoms. The summed E-state index contributed by atoms with van der Waals surface area (Å²) in [7, 11) is 0. The molecule has 0 saturated carbocycles. The fourth-order valence-corrected chi connectivity index (χ4v) is 4.27. The first-order valence-electron chi connectivity index (χ1n) is 9.67. The van der Waals surface area contributed by atoms with Crippen LogP contribution < -0.4 is 14.8 Å². The van der Waals surface area contributed by atoms with Crippen LogP contribution in [0.2, 0.25) is 0 Å². The summed E-state index contributed by atoms with van der Waals surface area (Å²) in [6.45, 7) is 3.04. The van der Waals surface area contributed by atoms with Gasteiger partial charge < -0.3 is 14.8 Å². The number of hydrogen-bond donors (Lipinski definition) is 1. The largest absolute Gasteiger partial charge is 0.493 e. The normalized spacial score (nSPS) is 17.1. The molecule has 150 valence electrons. The van der Waals surface area contributed by atoms with Gasteiger partial charge in [-0.05, 0) is 31.2 Å². The highest BCUT2D eigenvalue weighted by Gasteiger charge is 2.31. The molecule has 2 aliphatic rings. The fraction of sp³-hybridized carbons (Fsp3) is 0.238. The Bertz CT molecular complexity index is 1300.